The van der Waals surface area contributed by atoms with E-state index in [1.165, 1.54) is 0 Å². The number of hydrazine groups is 1. The molecule has 0 fully saturated rings. The van der Waals surface area contributed by atoms with Crippen molar-refractivity contribution in [3.8, 4) is 0 Å². The van der Waals surface area contributed by atoms with Crippen molar-refractivity contribution in [3.63, 3.8) is 0 Å². The summed E-state index contributed by atoms with van der Waals surface area (Å²) in [4.78, 5) is 0. The Morgan fingerprint density at radius 3 is 2.71 bits per heavy atom. The molecule has 1 aromatic carbocycles. The highest BCUT2D eigenvalue weighted by molar-refractivity contribution is 7.80. The van der Waals surface area contributed by atoms with Gasteiger partial charge in [-0.05, 0) is 37.4 Å². The third-order valence-electron chi connectivity index (χ3n) is 2.45. The van der Waals surface area contributed by atoms with Gasteiger partial charge in [-0.3, -0.25) is 10.4 Å². The normalized spacial score (nSPS) is 17.9. The molecule has 1 aliphatic heterocycles. The summed E-state index contributed by atoms with van der Waals surface area (Å²) in [5.74, 6) is 0. The average molecular weight is 245 g/mol. The molecule has 2 rings (SSSR count). The van der Waals surface area contributed by atoms with Crippen LogP contribution in [0.1, 0.15) is 6.92 Å². The lowest BCUT2D eigenvalue weighted by molar-refractivity contribution is 0.294. The third-order valence-corrected chi connectivity index (χ3v) is 2.64. The van der Waals surface area contributed by atoms with Gasteiger partial charge < -0.3 is 5.32 Å². The minimum Gasteiger partial charge on any atom is -0.331 e. The van der Waals surface area contributed by atoms with Crippen molar-refractivity contribution in [2.75, 3.05) is 5.32 Å². The molecular weight excluding hydrogens is 230 g/mol. The maximum Gasteiger partial charge on any atom is 0.189 e. The topological polar surface area (TPSA) is 27.3 Å². The molecule has 1 atom stereocenters. The molecule has 1 unspecified atom stereocenters. The van der Waals surface area contributed by atoms with Gasteiger partial charge >= 0.3 is 0 Å². The molecule has 88 valence electrons. The Balaban J connectivity index is 1.90. The van der Waals surface area contributed by atoms with E-state index in [0.29, 0.717) is 5.11 Å². The summed E-state index contributed by atoms with van der Waals surface area (Å²) in [6, 6.07) is 10.2. The second-order valence-corrected chi connectivity index (χ2v) is 4.21. The van der Waals surface area contributed by atoms with Crippen LogP contribution >= 0.6 is 12.2 Å². The van der Waals surface area contributed by atoms with Crippen LogP contribution in [-0.2, 0) is 0 Å². The standard InChI is InChI=1S/C13H15N3S/c1-11-7-5-6-10-16(11)15-13(17)14-12-8-3-2-4-9-12/h2-11H,1H3,(H2,14,15,17). The number of anilines is 1. The number of benzene rings is 1. The quantitative estimate of drug-likeness (QED) is 0.783. The molecular formula is C13H15N3S. The average Bonchev–Trinajstić information content (AvgIpc) is 2.33. The summed E-state index contributed by atoms with van der Waals surface area (Å²) in [5, 5.41) is 5.67. The van der Waals surface area contributed by atoms with Crippen LogP contribution in [0.25, 0.3) is 0 Å². The van der Waals surface area contributed by atoms with E-state index in [1.54, 1.807) is 0 Å². The Kier molecular flexibility index (Phi) is 3.77. The van der Waals surface area contributed by atoms with Crippen LogP contribution < -0.4 is 10.7 Å². The fourth-order valence-electron chi connectivity index (χ4n) is 1.53. The van der Waals surface area contributed by atoms with Gasteiger partial charge in [-0.1, -0.05) is 30.4 Å². The molecule has 1 aromatic rings. The smallest absolute Gasteiger partial charge is 0.189 e. The molecule has 0 bridgehead atoms. The number of rotatable bonds is 2. The van der Waals surface area contributed by atoms with Gasteiger partial charge in [0.15, 0.2) is 5.11 Å². The van der Waals surface area contributed by atoms with E-state index in [2.05, 4.69) is 23.7 Å². The van der Waals surface area contributed by atoms with Crippen LogP contribution in [-0.4, -0.2) is 16.2 Å². The lowest BCUT2D eigenvalue weighted by Crippen LogP contribution is -2.45. The van der Waals surface area contributed by atoms with Crippen LogP contribution in [0.3, 0.4) is 0 Å². The second-order valence-electron chi connectivity index (χ2n) is 3.81. The van der Waals surface area contributed by atoms with Gasteiger partial charge in [0.1, 0.15) is 0 Å². The number of allylic oxidation sites excluding steroid dienone is 2. The van der Waals surface area contributed by atoms with E-state index in [9.17, 15) is 0 Å². The predicted molar refractivity (Wildman–Crippen MR) is 75.4 cm³/mol. The zero-order valence-corrected chi connectivity index (χ0v) is 10.4. The Bertz CT molecular complexity index is 439. The molecule has 0 amide bonds. The summed E-state index contributed by atoms with van der Waals surface area (Å²) in [6.07, 6.45) is 8.05. The fraction of sp³-hybridized carbons (Fsp3) is 0.154. The van der Waals surface area contributed by atoms with E-state index in [4.69, 9.17) is 12.2 Å². The van der Waals surface area contributed by atoms with Crippen LogP contribution in [0.4, 0.5) is 5.69 Å². The van der Waals surface area contributed by atoms with Gasteiger partial charge in [-0.2, -0.15) is 0 Å². The zero-order chi connectivity index (χ0) is 12.1. The Morgan fingerprint density at radius 1 is 1.24 bits per heavy atom. The minimum absolute atomic E-state index is 0.288. The number of hydrogen-bond acceptors (Lipinski definition) is 2. The first-order valence-corrected chi connectivity index (χ1v) is 5.92. The van der Waals surface area contributed by atoms with Crippen molar-refractivity contribution in [2.24, 2.45) is 0 Å². The van der Waals surface area contributed by atoms with E-state index >= 15 is 0 Å². The summed E-state index contributed by atoms with van der Waals surface area (Å²) < 4.78 is 0. The van der Waals surface area contributed by atoms with Crippen LogP contribution in [0.15, 0.2) is 54.8 Å². The zero-order valence-electron chi connectivity index (χ0n) is 9.63. The van der Waals surface area contributed by atoms with E-state index in [0.717, 1.165) is 5.69 Å². The van der Waals surface area contributed by atoms with E-state index in [-0.39, 0.29) is 6.04 Å². The van der Waals surface area contributed by atoms with Crippen molar-refractivity contribution in [1.29, 1.82) is 0 Å². The first-order chi connectivity index (χ1) is 8.25. The molecule has 2 N–H and O–H groups in total. The summed E-state index contributed by atoms with van der Waals surface area (Å²) in [6.45, 7) is 2.10. The number of nitrogens with zero attached hydrogens (tertiary/aromatic N) is 1. The number of nitrogens with one attached hydrogen (secondary N) is 2. The van der Waals surface area contributed by atoms with Crippen molar-refractivity contribution in [3.05, 3.63) is 54.8 Å². The highest BCUT2D eigenvalue weighted by atomic mass is 32.1. The summed E-state index contributed by atoms with van der Waals surface area (Å²) in [7, 11) is 0. The molecule has 0 aliphatic carbocycles. The molecule has 17 heavy (non-hydrogen) atoms. The van der Waals surface area contributed by atoms with Crippen molar-refractivity contribution < 1.29 is 0 Å². The molecule has 0 radical (unpaired) electrons. The van der Waals surface area contributed by atoms with Gasteiger partial charge in [0, 0.05) is 11.9 Å². The molecule has 0 aromatic heterocycles. The number of para-hydroxylation sites is 1. The Morgan fingerprint density at radius 2 is 2.00 bits per heavy atom. The SMILES string of the molecule is CC1C=CC=CN1NC(=S)Nc1ccccc1. The van der Waals surface area contributed by atoms with Gasteiger partial charge in [-0.25, -0.2) is 0 Å². The van der Waals surface area contributed by atoms with Gasteiger partial charge in [0.25, 0.3) is 0 Å². The summed E-state index contributed by atoms with van der Waals surface area (Å²) >= 11 is 5.25. The fourth-order valence-corrected chi connectivity index (χ4v) is 1.76. The molecule has 0 saturated carbocycles. The summed E-state index contributed by atoms with van der Waals surface area (Å²) in [5.41, 5.74) is 4.11. The van der Waals surface area contributed by atoms with Gasteiger partial charge in [0.2, 0.25) is 0 Å². The largest absolute Gasteiger partial charge is 0.331 e. The molecule has 0 saturated heterocycles. The van der Waals surface area contributed by atoms with Crippen molar-refractivity contribution in [1.82, 2.24) is 10.4 Å². The van der Waals surface area contributed by atoms with Gasteiger partial charge in [0.05, 0.1) is 6.04 Å². The Labute approximate surface area is 107 Å². The maximum absolute atomic E-state index is 5.25. The van der Waals surface area contributed by atoms with E-state index in [1.807, 2.05) is 53.7 Å². The number of thiocarbonyl (C=S) groups is 1. The molecule has 1 aliphatic rings. The van der Waals surface area contributed by atoms with Crippen LogP contribution in [0, 0.1) is 0 Å². The van der Waals surface area contributed by atoms with Crippen LogP contribution in [0.2, 0.25) is 0 Å². The highest BCUT2D eigenvalue weighted by Crippen LogP contribution is 2.07. The molecule has 1 heterocycles. The first-order valence-electron chi connectivity index (χ1n) is 5.52. The van der Waals surface area contributed by atoms with Crippen LogP contribution in [0.5, 0.6) is 0 Å². The minimum atomic E-state index is 0.288. The molecule has 3 nitrogen and oxygen atoms in total. The van der Waals surface area contributed by atoms with Crippen molar-refractivity contribution >= 4 is 23.0 Å². The highest BCUT2D eigenvalue weighted by Gasteiger charge is 2.09. The number of hydrogen-bond donors (Lipinski definition) is 2. The Hall–Kier alpha value is -1.81. The molecule has 4 heteroatoms. The predicted octanol–water partition coefficient (Wildman–Crippen LogP) is 2.66. The lowest BCUT2D eigenvalue weighted by atomic mass is 10.2. The third kappa shape index (κ3) is 3.32. The lowest BCUT2D eigenvalue weighted by Gasteiger charge is -2.29. The molecule has 0 spiro atoms. The van der Waals surface area contributed by atoms with Crippen molar-refractivity contribution in [2.45, 2.75) is 13.0 Å². The maximum atomic E-state index is 5.25. The first kappa shape index (κ1) is 11.7. The van der Waals surface area contributed by atoms with E-state index < -0.39 is 0 Å². The second kappa shape index (κ2) is 5.50. The van der Waals surface area contributed by atoms with Gasteiger partial charge in [-0.15, -0.1) is 0 Å². The monoisotopic (exact) mass is 245 g/mol.